The molecule has 98 valence electrons. The summed E-state index contributed by atoms with van der Waals surface area (Å²) < 4.78 is 4.96. The molecule has 1 aromatic heterocycles. The summed E-state index contributed by atoms with van der Waals surface area (Å²) in [7, 11) is 1.43. The number of nitrogens with two attached hydrogens (primary N) is 1. The van der Waals surface area contributed by atoms with Gasteiger partial charge in [-0.15, -0.1) is 0 Å². The maximum atomic E-state index is 12.1. The van der Waals surface area contributed by atoms with Gasteiger partial charge in [0.1, 0.15) is 0 Å². The number of carbonyl (C=O) groups is 1. The lowest BCUT2D eigenvalue weighted by Crippen LogP contribution is -2.43. The van der Waals surface area contributed by atoms with Crippen LogP contribution in [0.2, 0.25) is 0 Å². The Kier molecular flexibility index (Phi) is 3.66. The summed E-state index contributed by atoms with van der Waals surface area (Å²) >= 11 is 0. The van der Waals surface area contributed by atoms with Gasteiger partial charge in [0.05, 0.1) is 12.5 Å². The maximum Gasteiger partial charge on any atom is 0.313 e. The smallest absolute Gasteiger partial charge is 0.313 e. The van der Waals surface area contributed by atoms with Crippen molar-refractivity contribution in [3.05, 3.63) is 29.6 Å². The number of aromatic nitrogens is 1. The molecule has 0 bridgehead atoms. The first-order chi connectivity index (χ1) is 8.62. The zero-order valence-corrected chi connectivity index (χ0v) is 11.0. The van der Waals surface area contributed by atoms with Crippen LogP contribution >= 0.6 is 0 Å². The quantitative estimate of drug-likeness (QED) is 0.801. The number of rotatable bonds is 5. The van der Waals surface area contributed by atoms with Gasteiger partial charge >= 0.3 is 5.97 Å². The summed E-state index contributed by atoms with van der Waals surface area (Å²) in [6.07, 6.45) is 2.68. The van der Waals surface area contributed by atoms with Gasteiger partial charge in [-0.25, -0.2) is 0 Å². The lowest BCUT2D eigenvalue weighted by molar-refractivity contribution is -0.153. The number of esters is 1. The molecule has 1 aromatic rings. The highest BCUT2D eigenvalue weighted by molar-refractivity contribution is 5.78. The number of carbonyl (C=O) groups excluding carboxylic acids is 1. The van der Waals surface area contributed by atoms with Crippen LogP contribution in [0.15, 0.2) is 18.2 Å². The fraction of sp³-hybridized carbons (Fsp3) is 0.571. The summed E-state index contributed by atoms with van der Waals surface area (Å²) in [5.41, 5.74) is 7.17. The van der Waals surface area contributed by atoms with Crippen molar-refractivity contribution in [3.8, 4) is 0 Å². The monoisotopic (exact) mass is 248 g/mol. The fourth-order valence-corrected chi connectivity index (χ4v) is 2.57. The van der Waals surface area contributed by atoms with Gasteiger partial charge in [0, 0.05) is 24.4 Å². The van der Waals surface area contributed by atoms with E-state index in [0.717, 1.165) is 24.2 Å². The van der Waals surface area contributed by atoms with Gasteiger partial charge in [-0.3, -0.25) is 9.78 Å². The van der Waals surface area contributed by atoms with Gasteiger partial charge in [0.25, 0.3) is 0 Å². The van der Waals surface area contributed by atoms with Crippen LogP contribution in [0.3, 0.4) is 0 Å². The molecule has 0 aliphatic heterocycles. The third-order valence-corrected chi connectivity index (χ3v) is 3.76. The predicted molar refractivity (Wildman–Crippen MR) is 68.9 cm³/mol. The molecule has 4 heteroatoms. The molecular formula is C14H20N2O2. The van der Waals surface area contributed by atoms with Crippen LogP contribution in [0.4, 0.5) is 0 Å². The van der Waals surface area contributed by atoms with Crippen molar-refractivity contribution in [2.45, 2.75) is 26.2 Å². The van der Waals surface area contributed by atoms with E-state index in [4.69, 9.17) is 10.5 Å². The molecular weight excluding hydrogens is 228 g/mol. The summed E-state index contributed by atoms with van der Waals surface area (Å²) in [4.78, 5) is 16.6. The number of nitrogens with zero attached hydrogens (tertiary/aromatic N) is 1. The van der Waals surface area contributed by atoms with Crippen molar-refractivity contribution in [2.24, 2.45) is 17.1 Å². The summed E-state index contributed by atoms with van der Waals surface area (Å²) in [6, 6.07) is 5.86. The molecule has 0 amide bonds. The zero-order valence-electron chi connectivity index (χ0n) is 11.0. The van der Waals surface area contributed by atoms with Crippen LogP contribution in [-0.2, 0) is 16.0 Å². The van der Waals surface area contributed by atoms with Gasteiger partial charge in [0.2, 0.25) is 0 Å². The van der Waals surface area contributed by atoms with Gasteiger partial charge < -0.3 is 10.5 Å². The van der Waals surface area contributed by atoms with E-state index in [-0.39, 0.29) is 5.97 Å². The SMILES string of the molecule is COC(=O)C(CN)(Cc1cccc(C)n1)C1CC1. The first-order valence-electron chi connectivity index (χ1n) is 6.33. The highest BCUT2D eigenvalue weighted by Crippen LogP contribution is 2.47. The van der Waals surface area contributed by atoms with Gasteiger partial charge in [-0.05, 0) is 37.8 Å². The van der Waals surface area contributed by atoms with Crippen molar-refractivity contribution in [1.29, 1.82) is 0 Å². The van der Waals surface area contributed by atoms with E-state index in [1.807, 2.05) is 25.1 Å². The standard InChI is InChI=1S/C14H20N2O2/c1-10-4-3-5-12(16-10)8-14(9-15,11-6-7-11)13(17)18-2/h3-5,11H,6-9,15H2,1-2H3. The zero-order chi connectivity index (χ0) is 13.2. The van der Waals surface area contributed by atoms with E-state index in [1.165, 1.54) is 7.11 Å². The average molecular weight is 248 g/mol. The van der Waals surface area contributed by atoms with Crippen molar-refractivity contribution in [3.63, 3.8) is 0 Å². The molecule has 18 heavy (non-hydrogen) atoms. The van der Waals surface area contributed by atoms with Gasteiger partial charge in [-0.1, -0.05) is 6.07 Å². The number of aryl methyl sites for hydroxylation is 1. The molecule has 2 N–H and O–H groups in total. The topological polar surface area (TPSA) is 65.2 Å². The number of hydrogen-bond acceptors (Lipinski definition) is 4. The first kappa shape index (κ1) is 13.0. The largest absolute Gasteiger partial charge is 0.469 e. The van der Waals surface area contributed by atoms with Crippen LogP contribution in [0, 0.1) is 18.3 Å². The Labute approximate surface area is 108 Å². The van der Waals surface area contributed by atoms with Gasteiger partial charge in [-0.2, -0.15) is 0 Å². The lowest BCUT2D eigenvalue weighted by Gasteiger charge is -2.29. The number of pyridine rings is 1. The summed E-state index contributed by atoms with van der Waals surface area (Å²) in [6.45, 7) is 2.27. The van der Waals surface area contributed by atoms with E-state index in [0.29, 0.717) is 18.9 Å². The van der Waals surface area contributed by atoms with Gasteiger partial charge in [0.15, 0.2) is 0 Å². The Hall–Kier alpha value is -1.42. The van der Waals surface area contributed by atoms with E-state index in [9.17, 15) is 4.79 Å². The van der Waals surface area contributed by atoms with Crippen LogP contribution in [0.25, 0.3) is 0 Å². The molecule has 1 fully saturated rings. The Bertz CT molecular complexity index is 443. The second-order valence-corrected chi connectivity index (χ2v) is 5.07. The van der Waals surface area contributed by atoms with Crippen molar-refractivity contribution >= 4 is 5.97 Å². The highest BCUT2D eigenvalue weighted by atomic mass is 16.5. The molecule has 1 heterocycles. The van der Waals surface area contributed by atoms with Crippen LogP contribution < -0.4 is 5.73 Å². The molecule has 0 radical (unpaired) electrons. The molecule has 4 nitrogen and oxygen atoms in total. The number of ether oxygens (including phenoxy) is 1. The molecule has 1 atom stereocenters. The summed E-state index contributed by atoms with van der Waals surface area (Å²) in [5.74, 6) is 0.146. The van der Waals surface area contributed by atoms with Crippen LogP contribution in [-0.4, -0.2) is 24.6 Å². The minimum atomic E-state index is -0.588. The molecule has 0 spiro atoms. The van der Waals surface area contributed by atoms with Crippen molar-refractivity contribution in [1.82, 2.24) is 4.98 Å². The first-order valence-corrected chi connectivity index (χ1v) is 6.33. The molecule has 1 aliphatic carbocycles. The lowest BCUT2D eigenvalue weighted by atomic mass is 9.78. The second-order valence-electron chi connectivity index (χ2n) is 5.07. The molecule has 1 unspecified atom stereocenters. The van der Waals surface area contributed by atoms with E-state index < -0.39 is 5.41 Å². The molecule has 0 saturated heterocycles. The minimum Gasteiger partial charge on any atom is -0.469 e. The minimum absolute atomic E-state index is 0.198. The third kappa shape index (κ3) is 2.38. The van der Waals surface area contributed by atoms with Crippen molar-refractivity contribution < 1.29 is 9.53 Å². The maximum absolute atomic E-state index is 12.1. The summed E-state index contributed by atoms with van der Waals surface area (Å²) in [5, 5.41) is 0. The van der Waals surface area contributed by atoms with E-state index in [2.05, 4.69) is 4.98 Å². The van der Waals surface area contributed by atoms with E-state index >= 15 is 0 Å². The normalized spacial score (nSPS) is 18.2. The van der Waals surface area contributed by atoms with Crippen molar-refractivity contribution in [2.75, 3.05) is 13.7 Å². The predicted octanol–water partition coefficient (Wildman–Crippen LogP) is 1.46. The average Bonchev–Trinajstić information content (AvgIpc) is 3.19. The number of hydrogen-bond donors (Lipinski definition) is 1. The Morgan fingerprint density at radius 2 is 2.28 bits per heavy atom. The van der Waals surface area contributed by atoms with Crippen LogP contribution in [0.5, 0.6) is 0 Å². The Morgan fingerprint density at radius 3 is 2.78 bits per heavy atom. The Balaban J connectivity index is 2.27. The molecule has 1 saturated carbocycles. The van der Waals surface area contributed by atoms with E-state index in [1.54, 1.807) is 0 Å². The highest BCUT2D eigenvalue weighted by Gasteiger charge is 2.51. The molecule has 0 aromatic carbocycles. The molecule has 2 rings (SSSR count). The molecule has 1 aliphatic rings. The number of methoxy groups -OCH3 is 1. The second kappa shape index (κ2) is 5.06. The third-order valence-electron chi connectivity index (χ3n) is 3.76. The van der Waals surface area contributed by atoms with Crippen LogP contribution in [0.1, 0.15) is 24.2 Å². The Morgan fingerprint density at radius 1 is 1.56 bits per heavy atom. The fourth-order valence-electron chi connectivity index (χ4n) is 2.57.